The van der Waals surface area contributed by atoms with E-state index in [-0.39, 0.29) is 24.4 Å². The number of unbranched alkanes of at least 4 members (excludes halogenated alkanes) is 1. The number of cyclic esters (lactones) is 1. The molecule has 2 saturated heterocycles. The summed E-state index contributed by atoms with van der Waals surface area (Å²) in [4.78, 5) is 45.5. The van der Waals surface area contributed by atoms with E-state index < -0.39 is 27.4 Å². The zero-order chi connectivity index (χ0) is 26.0. The van der Waals surface area contributed by atoms with Crippen LogP contribution in [0.15, 0.2) is 54.6 Å². The molecule has 0 bridgehead atoms. The number of rotatable bonds is 6. The largest absolute Gasteiger partial charge is 0.465 e. The summed E-state index contributed by atoms with van der Waals surface area (Å²) in [6.45, 7) is 3.66. The molecule has 1 aromatic carbocycles. The predicted molar refractivity (Wildman–Crippen MR) is 142 cm³/mol. The first-order chi connectivity index (χ1) is 17.9. The van der Waals surface area contributed by atoms with Crippen LogP contribution >= 0.6 is 11.8 Å². The zero-order valence-corrected chi connectivity index (χ0v) is 22.2. The number of likely N-dealkylation sites (tertiary alicyclic amines) is 1. The molecule has 198 valence electrons. The van der Waals surface area contributed by atoms with Gasteiger partial charge >= 0.3 is 5.97 Å². The number of aliphatic hydroxyl groups excluding tert-OH is 1. The summed E-state index contributed by atoms with van der Waals surface area (Å²) in [5, 5.41) is 9.37. The lowest BCUT2D eigenvalue weighted by atomic mass is 9.74. The molecule has 0 aromatic heterocycles. The van der Waals surface area contributed by atoms with Crippen molar-refractivity contribution >= 4 is 29.5 Å². The third-order valence-corrected chi connectivity index (χ3v) is 9.90. The number of carbonyl (C=O) groups is 3. The zero-order valence-electron chi connectivity index (χ0n) is 21.4. The van der Waals surface area contributed by atoms with Crippen molar-refractivity contribution in [2.24, 2.45) is 11.8 Å². The van der Waals surface area contributed by atoms with Gasteiger partial charge in [-0.2, -0.15) is 0 Å². The van der Waals surface area contributed by atoms with Crippen LogP contribution < -0.4 is 0 Å². The molecule has 1 N–H and O–H groups in total. The molecular weight excluding hydrogens is 488 g/mol. The van der Waals surface area contributed by atoms with E-state index in [1.54, 1.807) is 16.7 Å². The smallest absolute Gasteiger partial charge is 0.311 e. The van der Waals surface area contributed by atoms with Gasteiger partial charge < -0.3 is 19.6 Å². The summed E-state index contributed by atoms with van der Waals surface area (Å²) in [5.74, 6) is -1.96. The first-order valence-electron chi connectivity index (χ1n) is 13.4. The molecule has 8 heteroatoms. The van der Waals surface area contributed by atoms with E-state index in [4.69, 9.17) is 4.74 Å². The minimum atomic E-state index is -0.865. The van der Waals surface area contributed by atoms with E-state index in [9.17, 15) is 19.5 Å². The van der Waals surface area contributed by atoms with Crippen molar-refractivity contribution in [2.45, 2.75) is 61.1 Å². The molecule has 2 fully saturated rings. The molecule has 37 heavy (non-hydrogen) atoms. The van der Waals surface area contributed by atoms with Crippen LogP contribution in [0.3, 0.4) is 0 Å². The van der Waals surface area contributed by atoms with Gasteiger partial charge in [-0.1, -0.05) is 54.6 Å². The number of thioether (sulfide) groups is 1. The van der Waals surface area contributed by atoms with Crippen LogP contribution in [-0.2, 0) is 25.7 Å². The summed E-state index contributed by atoms with van der Waals surface area (Å²) < 4.78 is 4.18. The molecule has 1 spiro atoms. The first kappa shape index (κ1) is 26.0. The Labute approximate surface area is 222 Å². The molecule has 0 radical (unpaired) electrons. The fraction of sp³-hybridized carbons (Fsp3) is 0.552. The van der Waals surface area contributed by atoms with Gasteiger partial charge in [0.05, 0.1) is 23.2 Å². The van der Waals surface area contributed by atoms with Crippen LogP contribution in [0.5, 0.6) is 0 Å². The third kappa shape index (κ3) is 4.63. The van der Waals surface area contributed by atoms with Crippen molar-refractivity contribution in [2.75, 3.05) is 26.3 Å². The molecule has 0 aliphatic carbocycles. The van der Waals surface area contributed by atoms with Crippen LogP contribution in [0.1, 0.15) is 44.6 Å². The maximum atomic E-state index is 14.3. The normalized spacial score (nSPS) is 34.4. The molecule has 5 atom stereocenters. The number of carbonyl (C=O) groups excluding carboxylic acids is 3. The molecule has 1 aromatic rings. The number of hydrogen-bond donors (Lipinski definition) is 1. The Balaban J connectivity index is 1.57. The van der Waals surface area contributed by atoms with Crippen LogP contribution in [-0.4, -0.2) is 74.5 Å². The van der Waals surface area contributed by atoms with Gasteiger partial charge in [0.15, 0.2) is 0 Å². The summed E-state index contributed by atoms with van der Waals surface area (Å²) in [5.41, 5.74) is 1.03. The monoisotopic (exact) mass is 524 g/mol. The van der Waals surface area contributed by atoms with E-state index in [2.05, 4.69) is 12.2 Å². The van der Waals surface area contributed by atoms with E-state index in [0.717, 1.165) is 24.8 Å². The minimum absolute atomic E-state index is 0.0296. The number of fused-ring (bicyclic) bond motifs is 2. The topological polar surface area (TPSA) is 87.1 Å². The fourth-order valence-corrected chi connectivity index (χ4v) is 8.58. The van der Waals surface area contributed by atoms with Crippen molar-refractivity contribution < 1.29 is 24.2 Å². The van der Waals surface area contributed by atoms with Crippen LogP contribution in [0.4, 0.5) is 0 Å². The Morgan fingerprint density at radius 3 is 2.62 bits per heavy atom. The van der Waals surface area contributed by atoms with Gasteiger partial charge in [0, 0.05) is 31.0 Å². The van der Waals surface area contributed by atoms with Gasteiger partial charge in [-0.05, 0) is 44.6 Å². The van der Waals surface area contributed by atoms with Gasteiger partial charge in [-0.25, -0.2) is 0 Å². The molecule has 1 unspecified atom stereocenters. The quantitative estimate of drug-likeness (QED) is 0.349. The predicted octanol–water partition coefficient (Wildman–Crippen LogP) is 3.33. The highest BCUT2D eigenvalue weighted by Crippen LogP contribution is 2.65. The minimum Gasteiger partial charge on any atom is -0.465 e. The van der Waals surface area contributed by atoms with Crippen molar-refractivity contribution in [3.05, 3.63) is 60.2 Å². The van der Waals surface area contributed by atoms with Gasteiger partial charge in [0.1, 0.15) is 6.04 Å². The average Bonchev–Trinajstić information content (AvgIpc) is 3.21. The lowest BCUT2D eigenvalue weighted by molar-refractivity contribution is -0.154. The lowest BCUT2D eigenvalue weighted by Crippen LogP contribution is -2.53. The first-order valence-corrected chi connectivity index (χ1v) is 14.2. The number of aliphatic hydroxyl groups is 1. The van der Waals surface area contributed by atoms with Gasteiger partial charge in [0.2, 0.25) is 11.8 Å². The highest BCUT2D eigenvalue weighted by atomic mass is 32.2. The molecule has 4 heterocycles. The summed E-state index contributed by atoms with van der Waals surface area (Å²) in [7, 11) is 0. The lowest BCUT2D eigenvalue weighted by Gasteiger charge is -2.37. The molecule has 4 aliphatic heterocycles. The Hall–Kier alpha value is -2.58. The van der Waals surface area contributed by atoms with Crippen molar-refractivity contribution in [1.82, 2.24) is 9.80 Å². The number of esters is 1. The summed E-state index contributed by atoms with van der Waals surface area (Å²) in [6.07, 6.45) is 12.0. The second-order valence-electron chi connectivity index (χ2n) is 10.6. The highest BCUT2D eigenvalue weighted by Gasteiger charge is 2.73. The highest BCUT2D eigenvalue weighted by molar-refractivity contribution is 8.02. The molecule has 2 amide bonds. The second kappa shape index (κ2) is 10.7. The van der Waals surface area contributed by atoms with Crippen LogP contribution in [0.25, 0.3) is 0 Å². The number of benzene rings is 1. The number of ether oxygens (including phenoxy) is 1. The Bertz CT molecular complexity index is 1090. The summed E-state index contributed by atoms with van der Waals surface area (Å²) in [6, 6.07) is 9.15. The molecule has 0 saturated carbocycles. The van der Waals surface area contributed by atoms with E-state index in [0.29, 0.717) is 39.1 Å². The summed E-state index contributed by atoms with van der Waals surface area (Å²) >= 11 is 1.58. The van der Waals surface area contributed by atoms with E-state index in [1.165, 1.54) is 0 Å². The van der Waals surface area contributed by atoms with Crippen molar-refractivity contribution in [1.29, 1.82) is 0 Å². The molecule has 5 rings (SSSR count). The van der Waals surface area contributed by atoms with Gasteiger partial charge in [0.25, 0.3) is 0 Å². The van der Waals surface area contributed by atoms with Crippen LogP contribution in [0, 0.1) is 11.8 Å². The molecule has 7 nitrogen and oxygen atoms in total. The maximum Gasteiger partial charge on any atom is 0.311 e. The molecule has 4 aliphatic rings. The van der Waals surface area contributed by atoms with Crippen LogP contribution in [0.2, 0.25) is 0 Å². The number of hydrogen-bond acceptors (Lipinski definition) is 6. The Morgan fingerprint density at radius 1 is 1.03 bits per heavy atom. The van der Waals surface area contributed by atoms with Gasteiger partial charge in [-0.3, -0.25) is 14.4 Å². The Morgan fingerprint density at radius 2 is 1.84 bits per heavy atom. The maximum absolute atomic E-state index is 14.3. The number of allylic oxidation sites excluding steroid dienone is 1. The third-order valence-electron chi connectivity index (χ3n) is 8.11. The standard InChI is InChI=1S/C29H36N2O5S/c1-28-14-7-2-3-10-19-36-27(35)23(28)22-25(33)31(17-8-9-18-32)24-26(34)30(16-11-15-29(22,24)37-28)20-21-12-5-4-6-13-21/h4-7,11-15,22-24,32H,2-3,8-10,16-20H2,1H3/b14-7-/t22-,23+,24?,28-,29-/m0/s1. The van der Waals surface area contributed by atoms with Crippen molar-refractivity contribution in [3.8, 4) is 0 Å². The average molecular weight is 525 g/mol. The molecular formula is C29H36N2O5S. The fourth-order valence-electron chi connectivity index (χ4n) is 6.42. The van der Waals surface area contributed by atoms with E-state index >= 15 is 0 Å². The van der Waals surface area contributed by atoms with E-state index in [1.807, 2.05) is 54.3 Å². The SMILES string of the molecule is C[C@]12/C=C\CCCCOC(=O)[C@H]1[C@H]1C(=O)N(CCCCO)C3C(=O)N(Cc4ccccc4)CC=C[C@@]31S2. The number of amides is 2. The number of nitrogens with zero attached hydrogens (tertiary/aromatic N) is 2. The van der Waals surface area contributed by atoms with Gasteiger partial charge in [-0.15, -0.1) is 11.8 Å². The van der Waals surface area contributed by atoms with Crippen molar-refractivity contribution in [3.63, 3.8) is 0 Å². The second-order valence-corrected chi connectivity index (χ2v) is 12.4. The Kier molecular flexibility index (Phi) is 7.50.